The van der Waals surface area contributed by atoms with E-state index < -0.39 is 11.7 Å². The number of hydrogen-bond donors (Lipinski definition) is 1. The number of amides is 2. The van der Waals surface area contributed by atoms with E-state index in [-0.39, 0.29) is 17.5 Å². The standard InChI is InChI=1S/C22H19Cl2N3O3/c1-13-12-26(21(29)14-5-3-2-4-6-14)7-8-27(13)22(30)20(28)16-11-25-19-10-18(24)17(23)9-15(16)19/h2-6,9-11,13,25H,7-8,12H2,1H3/t13-/m1/s1. The van der Waals surface area contributed by atoms with Crippen molar-refractivity contribution in [1.82, 2.24) is 14.8 Å². The number of aromatic amines is 1. The van der Waals surface area contributed by atoms with Crippen molar-refractivity contribution >= 4 is 51.7 Å². The van der Waals surface area contributed by atoms with Gasteiger partial charge in [-0.25, -0.2) is 0 Å². The number of benzene rings is 2. The van der Waals surface area contributed by atoms with Crippen molar-refractivity contribution in [3.8, 4) is 0 Å². The summed E-state index contributed by atoms with van der Waals surface area (Å²) in [6.45, 7) is 2.86. The van der Waals surface area contributed by atoms with Gasteiger partial charge >= 0.3 is 0 Å². The van der Waals surface area contributed by atoms with Crippen LogP contribution < -0.4 is 0 Å². The number of aromatic nitrogens is 1. The van der Waals surface area contributed by atoms with Gasteiger partial charge in [-0.05, 0) is 31.2 Å². The van der Waals surface area contributed by atoms with Crippen LogP contribution in [0, 0.1) is 0 Å². The number of hydrogen-bond acceptors (Lipinski definition) is 3. The van der Waals surface area contributed by atoms with E-state index in [1.54, 1.807) is 29.2 Å². The van der Waals surface area contributed by atoms with Crippen LogP contribution in [-0.2, 0) is 4.79 Å². The highest BCUT2D eigenvalue weighted by molar-refractivity contribution is 6.46. The molecule has 1 aromatic heterocycles. The summed E-state index contributed by atoms with van der Waals surface area (Å²) < 4.78 is 0. The van der Waals surface area contributed by atoms with E-state index in [2.05, 4.69) is 4.98 Å². The molecule has 6 nitrogen and oxygen atoms in total. The van der Waals surface area contributed by atoms with E-state index in [1.165, 1.54) is 11.1 Å². The fourth-order valence-corrected chi connectivity index (χ4v) is 4.08. The SMILES string of the molecule is C[C@@H]1CN(C(=O)c2ccccc2)CCN1C(=O)C(=O)c1c[nH]c2cc(Cl)c(Cl)cc12. The fourth-order valence-electron chi connectivity index (χ4n) is 3.76. The lowest BCUT2D eigenvalue weighted by atomic mass is 10.1. The average molecular weight is 444 g/mol. The van der Waals surface area contributed by atoms with Crippen LogP contribution in [0.15, 0.2) is 48.7 Å². The van der Waals surface area contributed by atoms with Gasteiger partial charge in [-0.3, -0.25) is 14.4 Å². The Bertz CT molecular complexity index is 1140. The van der Waals surface area contributed by atoms with Gasteiger partial charge in [0.15, 0.2) is 0 Å². The van der Waals surface area contributed by atoms with E-state index in [4.69, 9.17) is 23.2 Å². The minimum absolute atomic E-state index is 0.0796. The van der Waals surface area contributed by atoms with Crippen LogP contribution >= 0.6 is 23.2 Å². The van der Waals surface area contributed by atoms with Gasteiger partial charge in [-0.15, -0.1) is 0 Å². The Labute approximate surface area is 183 Å². The Hall–Kier alpha value is -2.83. The van der Waals surface area contributed by atoms with Crippen LogP contribution in [0.4, 0.5) is 0 Å². The third kappa shape index (κ3) is 3.68. The lowest BCUT2D eigenvalue weighted by Gasteiger charge is -2.39. The zero-order valence-electron chi connectivity index (χ0n) is 16.2. The maximum atomic E-state index is 12.9. The fraction of sp³-hybridized carbons (Fsp3) is 0.227. The number of nitrogens with zero attached hydrogens (tertiary/aromatic N) is 2. The molecule has 1 fully saturated rings. The molecule has 8 heteroatoms. The molecule has 1 aliphatic heterocycles. The predicted octanol–water partition coefficient (Wildman–Crippen LogP) is 4.03. The Morgan fingerprint density at radius 3 is 2.43 bits per heavy atom. The average Bonchev–Trinajstić information content (AvgIpc) is 3.15. The molecule has 4 rings (SSSR count). The zero-order valence-corrected chi connectivity index (χ0v) is 17.7. The van der Waals surface area contributed by atoms with E-state index in [1.807, 2.05) is 25.1 Å². The van der Waals surface area contributed by atoms with Gasteiger partial charge < -0.3 is 14.8 Å². The van der Waals surface area contributed by atoms with Gasteiger partial charge in [0.25, 0.3) is 17.6 Å². The molecule has 154 valence electrons. The summed E-state index contributed by atoms with van der Waals surface area (Å²) in [7, 11) is 0. The lowest BCUT2D eigenvalue weighted by Crippen LogP contribution is -2.56. The van der Waals surface area contributed by atoms with Gasteiger partial charge in [-0.2, -0.15) is 0 Å². The minimum Gasteiger partial charge on any atom is -0.360 e. The largest absolute Gasteiger partial charge is 0.360 e. The maximum Gasteiger partial charge on any atom is 0.295 e. The third-order valence-electron chi connectivity index (χ3n) is 5.36. The molecule has 0 radical (unpaired) electrons. The second-order valence-electron chi connectivity index (χ2n) is 7.31. The van der Waals surface area contributed by atoms with Crippen LogP contribution in [0.25, 0.3) is 10.9 Å². The van der Waals surface area contributed by atoms with Crippen molar-refractivity contribution in [3.05, 3.63) is 69.8 Å². The first kappa shape index (κ1) is 20.4. The predicted molar refractivity (Wildman–Crippen MR) is 116 cm³/mol. The highest BCUT2D eigenvalue weighted by atomic mass is 35.5. The van der Waals surface area contributed by atoms with Crippen LogP contribution in [0.2, 0.25) is 10.0 Å². The number of fused-ring (bicyclic) bond motifs is 1. The molecule has 1 atom stereocenters. The summed E-state index contributed by atoms with van der Waals surface area (Å²) in [5, 5.41) is 1.23. The van der Waals surface area contributed by atoms with Crippen molar-refractivity contribution in [2.75, 3.05) is 19.6 Å². The molecule has 1 aliphatic rings. The van der Waals surface area contributed by atoms with Gasteiger partial charge in [0, 0.05) is 48.3 Å². The summed E-state index contributed by atoms with van der Waals surface area (Å²) in [5.41, 5.74) is 1.49. The molecule has 1 N–H and O–H groups in total. The maximum absolute atomic E-state index is 12.9. The number of carbonyl (C=O) groups excluding carboxylic acids is 3. The molecule has 3 aromatic rings. The van der Waals surface area contributed by atoms with Crippen molar-refractivity contribution in [3.63, 3.8) is 0 Å². The molecule has 30 heavy (non-hydrogen) atoms. The number of piperazine rings is 1. The lowest BCUT2D eigenvalue weighted by molar-refractivity contribution is -0.130. The normalized spacial score (nSPS) is 16.7. The highest BCUT2D eigenvalue weighted by Gasteiger charge is 2.34. The molecular weight excluding hydrogens is 425 g/mol. The molecule has 0 unspecified atom stereocenters. The van der Waals surface area contributed by atoms with Crippen LogP contribution in [0.5, 0.6) is 0 Å². The molecule has 0 saturated carbocycles. The van der Waals surface area contributed by atoms with Crippen LogP contribution in [0.3, 0.4) is 0 Å². The second-order valence-corrected chi connectivity index (χ2v) is 8.12. The third-order valence-corrected chi connectivity index (χ3v) is 6.08. The zero-order chi connectivity index (χ0) is 21.4. The van der Waals surface area contributed by atoms with E-state index >= 15 is 0 Å². The quantitative estimate of drug-likeness (QED) is 0.490. The number of nitrogens with one attached hydrogen (secondary N) is 1. The second kappa shape index (κ2) is 8.13. The van der Waals surface area contributed by atoms with Crippen molar-refractivity contribution in [1.29, 1.82) is 0 Å². The molecule has 0 spiro atoms. The summed E-state index contributed by atoms with van der Waals surface area (Å²) in [6, 6.07) is 11.9. The molecule has 2 heterocycles. The molecular formula is C22H19Cl2N3O3. The molecule has 0 bridgehead atoms. The van der Waals surface area contributed by atoms with E-state index in [0.29, 0.717) is 46.1 Å². The number of rotatable bonds is 3. The minimum atomic E-state index is -0.616. The Morgan fingerprint density at radius 1 is 1.03 bits per heavy atom. The van der Waals surface area contributed by atoms with Crippen LogP contribution in [-0.4, -0.2) is 58.1 Å². The van der Waals surface area contributed by atoms with E-state index in [9.17, 15) is 14.4 Å². The summed E-state index contributed by atoms with van der Waals surface area (Å²) >= 11 is 12.1. The van der Waals surface area contributed by atoms with Crippen molar-refractivity contribution in [2.24, 2.45) is 0 Å². The van der Waals surface area contributed by atoms with Crippen molar-refractivity contribution < 1.29 is 14.4 Å². The monoisotopic (exact) mass is 443 g/mol. The first-order valence-electron chi connectivity index (χ1n) is 9.52. The Morgan fingerprint density at radius 2 is 1.73 bits per heavy atom. The molecule has 2 aromatic carbocycles. The van der Waals surface area contributed by atoms with Gasteiger partial charge in [-0.1, -0.05) is 41.4 Å². The van der Waals surface area contributed by atoms with Gasteiger partial charge in [0.2, 0.25) is 0 Å². The molecule has 1 saturated heterocycles. The summed E-state index contributed by atoms with van der Waals surface area (Å²) in [6.07, 6.45) is 1.50. The molecule has 2 amide bonds. The van der Waals surface area contributed by atoms with Crippen LogP contribution in [0.1, 0.15) is 27.6 Å². The first-order valence-corrected chi connectivity index (χ1v) is 10.3. The molecule has 0 aliphatic carbocycles. The number of H-pyrrole nitrogens is 1. The highest BCUT2D eigenvalue weighted by Crippen LogP contribution is 2.30. The topological polar surface area (TPSA) is 73.5 Å². The van der Waals surface area contributed by atoms with E-state index in [0.717, 1.165) is 0 Å². The first-order chi connectivity index (χ1) is 14.4. The Balaban J connectivity index is 1.50. The summed E-state index contributed by atoms with van der Waals surface area (Å²) in [4.78, 5) is 44.7. The van der Waals surface area contributed by atoms with Gasteiger partial charge in [0.05, 0.1) is 15.6 Å². The van der Waals surface area contributed by atoms with Crippen molar-refractivity contribution in [2.45, 2.75) is 13.0 Å². The Kier molecular flexibility index (Phi) is 5.54. The summed E-state index contributed by atoms with van der Waals surface area (Å²) in [5.74, 6) is -1.29. The number of carbonyl (C=O) groups is 3. The number of halogens is 2. The van der Waals surface area contributed by atoms with Gasteiger partial charge in [0.1, 0.15) is 0 Å². The number of Topliss-reactive ketones (excluding diaryl/α,β-unsaturated/α-hetero) is 1. The smallest absolute Gasteiger partial charge is 0.295 e. The number of ketones is 1.